The van der Waals surface area contributed by atoms with Crippen molar-refractivity contribution in [3.8, 4) is 0 Å². The Morgan fingerprint density at radius 1 is 1.28 bits per heavy atom. The fourth-order valence-corrected chi connectivity index (χ4v) is 2.84. The van der Waals surface area contributed by atoms with Gasteiger partial charge in [0.1, 0.15) is 0 Å². The zero-order valence-electron chi connectivity index (χ0n) is 12.0. The molecule has 1 aromatic rings. The second-order valence-electron chi connectivity index (χ2n) is 5.47. The van der Waals surface area contributed by atoms with Crippen molar-refractivity contribution in [3.05, 3.63) is 34.9 Å². The summed E-state index contributed by atoms with van der Waals surface area (Å²) in [4.78, 5) is 2.59. The monoisotopic (exact) mass is 246 g/mol. The van der Waals surface area contributed by atoms with Crippen molar-refractivity contribution < 1.29 is 0 Å². The lowest BCUT2D eigenvalue weighted by Gasteiger charge is -2.23. The normalized spacial score (nSPS) is 20.5. The second-order valence-corrected chi connectivity index (χ2v) is 5.47. The molecule has 18 heavy (non-hydrogen) atoms. The first-order valence-electron chi connectivity index (χ1n) is 7.21. The lowest BCUT2D eigenvalue weighted by molar-refractivity contribution is 0.260. The molecule has 1 heterocycles. The molecule has 0 aromatic heterocycles. The van der Waals surface area contributed by atoms with Crippen molar-refractivity contribution >= 4 is 0 Å². The number of nitrogens with zero attached hydrogens (tertiary/aromatic N) is 1. The summed E-state index contributed by atoms with van der Waals surface area (Å²) in [6.45, 7) is 11.2. The van der Waals surface area contributed by atoms with E-state index in [-0.39, 0.29) is 0 Å². The van der Waals surface area contributed by atoms with Crippen LogP contribution in [0.4, 0.5) is 0 Å². The first kappa shape index (κ1) is 13.6. The lowest BCUT2D eigenvalue weighted by atomic mass is 10.1. The van der Waals surface area contributed by atoms with Gasteiger partial charge in [-0.2, -0.15) is 0 Å². The number of benzene rings is 1. The molecule has 0 saturated carbocycles. The van der Waals surface area contributed by atoms with Gasteiger partial charge in [-0.05, 0) is 56.5 Å². The summed E-state index contributed by atoms with van der Waals surface area (Å²) in [6.07, 6.45) is 2.72. The van der Waals surface area contributed by atoms with E-state index in [4.69, 9.17) is 0 Å². The Kier molecular flexibility index (Phi) is 4.79. The van der Waals surface area contributed by atoms with Crippen molar-refractivity contribution in [2.24, 2.45) is 0 Å². The van der Waals surface area contributed by atoms with Crippen LogP contribution in [-0.4, -0.2) is 30.6 Å². The van der Waals surface area contributed by atoms with Crippen LogP contribution in [0, 0.1) is 13.8 Å². The summed E-state index contributed by atoms with van der Waals surface area (Å²) in [5.41, 5.74) is 4.18. The zero-order chi connectivity index (χ0) is 13.0. The lowest BCUT2D eigenvalue weighted by Crippen LogP contribution is -2.37. The Bertz CT molecular complexity index is 387. The van der Waals surface area contributed by atoms with E-state index in [2.05, 4.69) is 49.2 Å². The molecule has 0 spiro atoms. The van der Waals surface area contributed by atoms with E-state index in [0.717, 1.165) is 19.1 Å². The molecule has 1 aromatic carbocycles. The van der Waals surface area contributed by atoms with Gasteiger partial charge in [0.05, 0.1) is 0 Å². The minimum Gasteiger partial charge on any atom is -0.311 e. The number of hydrogen-bond donors (Lipinski definition) is 1. The largest absolute Gasteiger partial charge is 0.311 e. The Morgan fingerprint density at radius 3 is 2.83 bits per heavy atom. The van der Waals surface area contributed by atoms with E-state index in [1.54, 1.807) is 0 Å². The van der Waals surface area contributed by atoms with Crippen LogP contribution in [0.5, 0.6) is 0 Å². The Hall–Kier alpha value is -0.860. The van der Waals surface area contributed by atoms with Gasteiger partial charge in [-0.15, -0.1) is 0 Å². The van der Waals surface area contributed by atoms with E-state index in [0.29, 0.717) is 0 Å². The van der Waals surface area contributed by atoms with Gasteiger partial charge in [0.15, 0.2) is 0 Å². The molecule has 1 aliphatic rings. The van der Waals surface area contributed by atoms with Crippen LogP contribution in [0.25, 0.3) is 0 Å². The van der Waals surface area contributed by atoms with Crippen LogP contribution in [0.1, 0.15) is 36.5 Å². The van der Waals surface area contributed by atoms with Crippen LogP contribution < -0.4 is 5.32 Å². The number of aryl methyl sites for hydroxylation is 2. The molecule has 2 nitrogen and oxygen atoms in total. The van der Waals surface area contributed by atoms with Crippen molar-refractivity contribution in [1.29, 1.82) is 0 Å². The predicted octanol–water partition coefficient (Wildman–Crippen LogP) is 2.88. The first-order chi connectivity index (χ1) is 8.70. The maximum atomic E-state index is 3.61. The van der Waals surface area contributed by atoms with Gasteiger partial charge < -0.3 is 5.32 Å². The molecule has 2 rings (SSSR count). The molecule has 1 aliphatic heterocycles. The van der Waals surface area contributed by atoms with Gasteiger partial charge in [-0.25, -0.2) is 0 Å². The van der Waals surface area contributed by atoms with E-state index in [1.165, 1.54) is 42.6 Å². The minimum absolute atomic E-state index is 0.751. The summed E-state index contributed by atoms with van der Waals surface area (Å²) in [5, 5.41) is 3.61. The van der Waals surface area contributed by atoms with E-state index >= 15 is 0 Å². The maximum Gasteiger partial charge on any atom is 0.0221 e. The molecular formula is C16H26N2. The van der Waals surface area contributed by atoms with Crippen molar-refractivity contribution in [2.45, 2.75) is 46.2 Å². The van der Waals surface area contributed by atoms with Crippen molar-refractivity contribution in [3.63, 3.8) is 0 Å². The Balaban J connectivity index is 1.79. The average Bonchev–Trinajstić information content (AvgIpc) is 2.81. The third-order valence-corrected chi connectivity index (χ3v) is 4.19. The number of likely N-dealkylation sites (N-methyl/N-ethyl adjacent to an activating group) is 1. The van der Waals surface area contributed by atoms with Crippen molar-refractivity contribution in [1.82, 2.24) is 10.2 Å². The highest BCUT2D eigenvalue weighted by atomic mass is 15.2. The minimum atomic E-state index is 0.751. The molecule has 1 saturated heterocycles. The molecule has 0 bridgehead atoms. The van der Waals surface area contributed by atoms with Gasteiger partial charge in [0.25, 0.3) is 0 Å². The topological polar surface area (TPSA) is 15.3 Å². The fraction of sp³-hybridized carbons (Fsp3) is 0.625. The van der Waals surface area contributed by atoms with E-state index in [9.17, 15) is 0 Å². The number of likely N-dealkylation sites (tertiary alicyclic amines) is 1. The van der Waals surface area contributed by atoms with Gasteiger partial charge in [-0.1, -0.05) is 25.1 Å². The molecule has 0 amide bonds. The average molecular weight is 246 g/mol. The molecule has 0 aliphatic carbocycles. The van der Waals surface area contributed by atoms with Crippen LogP contribution in [0.3, 0.4) is 0 Å². The standard InChI is InChI=1S/C16H26N2/c1-4-18-9-5-6-16(18)12-17-11-15-8-7-13(2)14(3)10-15/h7-8,10,16-17H,4-6,9,11-12H2,1-3H3. The molecule has 2 heteroatoms. The third-order valence-electron chi connectivity index (χ3n) is 4.19. The summed E-state index contributed by atoms with van der Waals surface area (Å²) in [5.74, 6) is 0. The first-order valence-corrected chi connectivity index (χ1v) is 7.21. The molecule has 0 radical (unpaired) electrons. The highest BCUT2D eigenvalue weighted by molar-refractivity contribution is 5.29. The smallest absolute Gasteiger partial charge is 0.0221 e. The summed E-state index contributed by atoms with van der Waals surface area (Å²) >= 11 is 0. The van der Waals surface area contributed by atoms with Gasteiger partial charge in [-0.3, -0.25) is 4.90 Å². The molecule has 1 unspecified atom stereocenters. The second kappa shape index (κ2) is 6.35. The van der Waals surface area contributed by atoms with Gasteiger partial charge in [0, 0.05) is 19.1 Å². The summed E-state index contributed by atoms with van der Waals surface area (Å²) in [7, 11) is 0. The van der Waals surface area contributed by atoms with Crippen molar-refractivity contribution in [2.75, 3.05) is 19.6 Å². The quantitative estimate of drug-likeness (QED) is 0.859. The van der Waals surface area contributed by atoms with E-state index < -0.39 is 0 Å². The maximum absolute atomic E-state index is 3.61. The fourth-order valence-electron chi connectivity index (χ4n) is 2.84. The Labute approximate surface area is 111 Å². The molecule has 100 valence electrons. The van der Waals surface area contributed by atoms with Crippen LogP contribution in [-0.2, 0) is 6.54 Å². The molecule has 1 N–H and O–H groups in total. The highest BCUT2D eigenvalue weighted by Crippen LogP contribution is 2.16. The third kappa shape index (κ3) is 3.33. The summed E-state index contributed by atoms with van der Waals surface area (Å²) in [6, 6.07) is 7.51. The van der Waals surface area contributed by atoms with Gasteiger partial charge >= 0.3 is 0 Å². The van der Waals surface area contributed by atoms with Crippen LogP contribution >= 0.6 is 0 Å². The van der Waals surface area contributed by atoms with Gasteiger partial charge in [0.2, 0.25) is 0 Å². The number of rotatable bonds is 5. The predicted molar refractivity (Wildman–Crippen MR) is 77.9 cm³/mol. The molecular weight excluding hydrogens is 220 g/mol. The number of nitrogens with one attached hydrogen (secondary N) is 1. The molecule has 1 fully saturated rings. The van der Waals surface area contributed by atoms with Crippen LogP contribution in [0.15, 0.2) is 18.2 Å². The molecule has 1 atom stereocenters. The zero-order valence-corrected chi connectivity index (χ0v) is 12.0. The summed E-state index contributed by atoms with van der Waals surface area (Å²) < 4.78 is 0. The van der Waals surface area contributed by atoms with E-state index in [1.807, 2.05) is 0 Å². The van der Waals surface area contributed by atoms with Crippen LogP contribution in [0.2, 0.25) is 0 Å². The number of hydrogen-bond acceptors (Lipinski definition) is 2. The highest BCUT2D eigenvalue weighted by Gasteiger charge is 2.21. The SMILES string of the molecule is CCN1CCCC1CNCc1ccc(C)c(C)c1. The Morgan fingerprint density at radius 2 is 2.11 bits per heavy atom.